The first kappa shape index (κ1) is 12.4. The van der Waals surface area contributed by atoms with Gasteiger partial charge >= 0.3 is 0 Å². The van der Waals surface area contributed by atoms with Gasteiger partial charge in [-0.05, 0) is 43.1 Å². The van der Waals surface area contributed by atoms with Gasteiger partial charge in [-0.2, -0.15) is 0 Å². The van der Waals surface area contributed by atoms with Crippen LogP contribution in [0.25, 0.3) is 0 Å². The Balaban J connectivity index is 2.06. The van der Waals surface area contributed by atoms with Crippen LogP contribution in [0, 0.1) is 0 Å². The van der Waals surface area contributed by atoms with Crippen LogP contribution >= 0.6 is 0 Å². The van der Waals surface area contributed by atoms with Gasteiger partial charge in [-0.15, -0.1) is 0 Å². The van der Waals surface area contributed by atoms with Crippen LogP contribution in [0.4, 0.5) is 5.69 Å². The highest BCUT2D eigenvalue weighted by Gasteiger charge is 2.19. The number of nitrogens with one attached hydrogen (secondary N) is 1. The van der Waals surface area contributed by atoms with E-state index in [9.17, 15) is 0 Å². The molecule has 0 amide bonds. The molecule has 1 aromatic rings. The largest absolute Gasteiger partial charge is 0.381 e. The highest BCUT2D eigenvalue weighted by molar-refractivity contribution is 5.48. The van der Waals surface area contributed by atoms with Gasteiger partial charge in [0, 0.05) is 18.3 Å². The van der Waals surface area contributed by atoms with E-state index in [4.69, 9.17) is 0 Å². The first-order valence-corrected chi connectivity index (χ1v) is 6.51. The lowest BCUT2D eigenvalue weighted by atomic mass is 9.87. The normalized spacial score (nSPS) is 21.8. The Morgan fingerprint density at radius 1 is 1.29 bits per heavy atom. The fourth-order valence-electron chi connectivity index (χ4n) is 2.36. The fourth-order valence-corrected chi connectivity index (χ4v) is 2.36. The van der Waals surface area contributed by atoms with Crippen LogP contribution < -0.4 is 5.32 Å². The van der Waals surface area contributed by atoms with E-state index in [0.29, 0.717) is 6.04 Å². The zero-order valence-corrected chi connectivity index (χ0v) is 11.5. The number of likely N-dealkylation sites (N-methyl/N-ethyl adjacent to an activating group) is 1. The number of nitrogens with zero attached hydrogens (tertiary/aromatic N) is 1. The van der Waals surface area contributed by atoms with Crippen LogP contribution in [0.2, 0.25) is 0 Å². The molecule has 0 aliphatic carbocycles. The van der Waals surface area contributed by atoms with Crippen LogP contribution in [0.3, 0.4) is 0 Å². The molecule has 1 aromatic carbocycles. The minimum absolute atomic E-state index is 0.226. The Kier molecular flexibility index (Phi) is 3.43. The molecular formula is C15H24N2. The van der Waals surface area contributed by atoms with E-state index in [2.05, 4.69) is 62.3 Å². The molecule has 1 atom stereocenters. The molecular weight excluding hydrogens is 208 g/mol. The van der Waals surface area contributed by atoms with Crippen molar-refractivity contribution in [1.29, 1.82) is 0 Å². The Bertz CT molecular complexity index is 379. The predicted molar refractivity (Wildman–Crippen MR) is 74.7 cm³/mol. The van der Waals surface area contributed by atoms with Crippen molar-refractivity contribution in [2.45, 2.75) is 38.6 Å². The zero-order chi connectivity index (χ0) is 12.5. The molecule has 1 heterocycles. The first-order valence-electron chi connectivity index (χ1n) is 6.51. The van der Waals surface area contributed by atoms with E-state index in [1.807, 2.05) is 0 Å². The van der Waals surface area contributed by atoms with Gasteiger partial charge in [-0.3, -0.25) is 0 Å². The van der Waals surface area contributed by atoms with E-state index >= 15 is 0 Å². The number of likely N-dealkylation sites (tertiary alicyclic amines) is 1. The predicted octanol–water partition coefficient (Wildman–Crippen LogP) is 3.10. The van der Waals surface area contributed by atoms with Crippen molar-refractivity contribution >= 4 is 5.69 Å². The van der Waals surface area contributed by atoms with Gasteiger partial charge < -0.3 is 10.2 Å². The second kappa shape index (κ2) is 4.69. The summed E-state index contributed by atoms with van der Waals surface area (Å²) in [4.78, 5) is 2.38. The Labute approximate surface area is 105 Å². The van der Waals surface area contributed by atoms with E-state index < -0.39 is 0 Å². The molecule has 1 unspecified atom stereocenters. The van der Waals surface area contributed by atoms with E-state index in [-0.39, 0.29) is 5.41 Å². The van der Waals surface area contributed by atoms with Crippen LogP contribution in [-0.2, 0) is 5.41 Å². The van der Waals surface area contributed by atoms with Gasteiger partial charge in [-0.1, -0.05) is 32.9 Å². The maximum absolute atomic E-state index is 3.64. The molecule has 0 bridgehead atoms. The Hall–Kier alpha value is -1.02. The minimum Gasteiger partial charge on any atom is -0.381 e. The van der Waals surface area contributed by atoms with Crippen LogP contribution in [0.5, 0.6) is 0 Å². The third kappa shape index (κ3) is 3.22. The molecule has 94 valence electrons. The molecule has 2 heteroatoms. The second-order valence-corrected chi connectivity index (χ2v) is 6.22. The number of hydrogen-bond acceptors (Lipinski definition) is 2. The highest BCUT2D eigenvalue weighted by Crippen LogP contribution is 2.25. The molecule has 1 N–H and O–H groups in total. The van der Waals surface area contributed by atoms with Gasteiger partial charge in [0.25, 0.3) is 0 Å². The molecule has 2 nitrogen and oxygen atoms in total. The van der Waals surface area contributed by atoms with Crippen molar-refractivity contribution < 1.29 is 0 Å². The van der Waals surface area contributed by atoms with Crippen molar-refractivity contribution in [3.8, 4) is 0 Å². The van der Waals surface area contributed by atoms with E-state index in [1.165, 1.54) is 24.2 Å². The van der Waals surface area contributed by atoms with Crippen molar-refractivity contribution in [3.63, 3.8) is 0 Å². The van der Waals surface area contributed by atoms with Crippen LogP contribution in [-0.4, -0.2) is 31.1 Å². The summed E-state index contributed by atoms with van der Waals surface area (Å²) in [6.07, 6.45) is 1.25. The molecule has 2 rings (SSSR count). The summed E-state index contributed by atoms with van der Waals surface area (Å²) < 4.78 is 0. The monoisotopic (exact) mass is 232 g/mol. The van der Waals surface area contributed by atoms with Crippen molar-refractivity contribution in [3.05, 3.63) is 29.8 Å². The number of anilines is 1. The van der Waals surface area contributed by atoms with E-state index in [1.54, 1.807) is 0 Å². The van der Waals surface area contributed by atoms with Gasteiger partial charge in [0.1, 0.15) is 0 Å². The quantitative estimate of drug-likeness (QED) is 0.843. The van der Waals surface area contributed by atoms with Crippen molar-refractivity contribution in [1.82, 2.24) is 4.90 Å². The second-order valence-electron chi connectivity index (χ2n) is 6.22. The van der Waals surface area contributed by atoms with Gasteiger partial charge in [0.05, 0.1) is 0 Å². The van der Waals surface area contributed by atoms with Gasteiger partial charge in [-0.25, -0.2) is 0 Å². The SMILES string of the molecule is CN1CCC(Nc2cccc(C(C)(C)C)c2)C1. The molecule has 1 fully saturated rings. The number of benzene rings is 1. The van der Waals surface area contributed by atoms with Crippen LogP contribution in [0.15, 0.2) is 24.3 Å². The Morgan fingerprint density at radius 2 is 2.06 bits per heavy atom. The average Bonchev–Trinajstić information content (AvgIpc) is 2.63. The lowest BCUT2D eigenvalue weighted by molar-refractivity contribution is 0.414. The third-order valence-corrected chi connectivity index (χ3v) is 3.49. The molecule has 0 saturated carbocycles. The summed E-state index contributed by atoms with van der Waals surface area (Å²) in [7, 11) is 2.19. The summed E-state index contributed by atoms with van der Waals surface area (Å²) >= 11 is 0. The summed E-state index contributed by atoms with van der Waals surface area (Å²) in [6.45, 7) is 9.14. The summed E-state index contributed by atoms with van der Waals surface area (Å²) in [5, 5.41) is 3.64. The lowest BCUT2D eigenvalue weighted by Gasteiger charge is -2.21. The topological polar surface area (TPSA) is 15.3 Å². The van der Waals surface area contributed by atoms with Gasteiger partial charge in [0.2, 0.25) is 0 Å². The minimum atomic E-state index is 0.226. The number of rotatable bonds is 2. The van der Waals surface area contributed by atoms with Gasteiger partial charge in [0.15, 0.2) is 0 Å². The van der Waals surface area contributed by atoms with Crippen LogP contribution in [0.1, 0.15) is 32.8 Å². The van der Waals surface area contributed by atoms with Crippen molar-refractivity contribution in [2.75, 3.05) is 25.5 Å². The summed E-state index contributed by atoms with van der Waals surface area (Å²) in [5.41, 5.74) is 2.89. The lowest BCUT2D eigenvalue weighted by Crippen LogP contribution is -2.23. The molecule has 0 aromatic heterocycles. The molecule has 1 aliphatic heterocycles. The molecule has 0 spiro atoms. The average molecular weight is 232 g/mol. The Morgan fingerprint density at radius 3 is 2.65 bits per heavy atom. The summed E-state index contributed by atoms with van der Waals surface area (Å²) in [5.74, 6) is 0. The standard InChI is InChI=1S/C15H24N2/c1-15(2,3)12-6-5-7-13(10-12)16-14-8-9-17(4)11-14/h5-7,10,14,16H,8-9,11H2,1-4H3. The van der Waals surface area contributed by atoms with E-state index in [0.717, 1.165) is 6.54 Å². The molecule has 0 radical (unpaired) electrons. The third-order valence-electron chi connectivity index (χ3n) is 3.49. The first-order chi connectivity index (χ1) is 7.95. The molecule has 1 aliphatic rings. The smallest absolute Gasteiger partial charge is 0.0400 e. The van der Waals surface area contributed by atoms with Crippen molar-refractivity contribution in [2.24, 2.45) is 0 Å². The zero-order valence-electron chi connectivity index (χ0n) is 11.5. The molecule has 17 heavy (non-hydrogen) atoms. The maximum Gasteiger partial charge on any atom is 0.0400 e. The fraction of sp³-hybridized carbons (Fsp3) is 0.600. The maximum atomic E-state index is 3.64. The highest BCUT2D eigenvalue weighted by atomic mass is 15.2. The number of hydrogen-bond donors (Lipinski definition) is 1. The summed E-state index contributed by atoms with van der Waals surface area (Å²) in [6, 6.07) is 9.44. The molecule has 1 saturated heterocycles.